The van der Waals surface area contributed by atoms with E-state index in [9.17, 15) is 26.4 Å². The van der Waals surface area contributed by atoms with Crippen molar-refractivity contribution in [1.29, 1.82) is 0 Å². The third-order valence-electron chi connectivity index (χ3n) is 3.15. The Labute approximate surface area is 136 Å². The van der Waals surface area contributed by atoms with Crippen LogP contribution in [0, 0.1) is 0 Å². The Bertz CT molecular complexity index is 893. The number of benzene rings is 2. The molecule has 0 aliphatic heterocycles. The number of nitrogens with two attached hydrogens (primary N) is 1. The lowest BCUT2D eigenvalue weighted by atomic mass is 10.1. The summed E-state index contributed by atoms with van der Waals surface area (Å²) in [6, 6.07) is 7.81. The number of nitrogens with one attached hydrogen (secondary N) is 1. The highest BCUT2D eigenvalue weighted by Crippen LogP contribution is 2.32. The second-order valence-corrected chi connectivity index (χ2v) is 7.07. The molecule has 0 aliphatic rings. The highest BCUT2D eigenvalue weighted by atomic mass is 32.2. The number of hydrogen-bond acceptors (Lipinski definition) is 4. The van der Waals surface area contributed by atoms with Gasteiger partial charge in [-0.25, -0.2) is 8.42 Å². The lowest BCUT2D eigenvalue weighted by Crippen LogP contribution is -2.14. The molecule has 2 aromatic rings. The zero-order chi connectivity index (χ0) is 18.1. The molecule has 0 saturated carbocycles. The fraction of sp³-hybridized carbons (Fsp3) is 0.133. The molecule has 2 aromatic carbocycles. The van der Waals surface area contributed by atoms with Crippen molar-refractivity contribution in [3.63, 3.8) is 0 Å². The number of carbonyl (C=O) groups is 1. The van der Waals surface area contributed by atoms with E-state index in [1.165, 1.54) is 24.3 Å². The van der Waals surface area contributed by atoms with Gasteiger partial charge in [-0.1, -0.05) is 6.07 Å². The predicted octanol–water partition coefficient (Wildman–Crippen LogP) is 2.94. The number of hydrogen-bond donors (Lipinski definition) is 2. The smallest absolute Gasteiger partial charge is 0.397 e. The molecular formula is C15H13F3N2O3S. The van der Waals surface area contributed by atoms with E-state index in [0.717, 1.165) is 18.4 Å². The fourth-order valence-electron chi connectivity index (χ4n) is 1.92. The summed E-state index contributed by atoms with van der Waals surface area (Å²) in [7, 11) is -3.49. The first-order valence-electron chi connectivity index (χ1n) is 6.56. The summed E-state index contributed by atoms with van der Waals surface area (Å²) in [6.45, 7) is 0. The number of halogens is 3. The highest BCUT2D eigenvalue weighted by molar-refractivity contribution is 7.90. The Hall–Kier alpha value is -2.55. The molecule has 0 aliphatic carbocycles. The molecule has 0 fully saturated rings. The molecule has 0 radical (unpaired) electrons. The maximum absolute atomic E-state index is 12.6. The normalized spacial score (nSPS) is 12.0. The molecule has 0 atom stereocenters. The van der Waals surface area contributed by atoms with Crippen LogP contribution in [0.1, 0.15) is 15.9 Å². The van der Waals surface area contributed by atoms with Crippen LogP contribution in [0.5, 0.6) is 0 Å². The number of rotatable bonds is 3. The van der Waals surface area contributed by atoms with Gasteiger partial charge in [-0.2, -0.15) is 13.2 Å². The number of amides is 1. The van der Waals surface area contributed by atoms with Crippen molar-refractivity contribution in [2.75, 3.05) is 17.3 Å². The van der Waals surface area contributed by atoms with Crippen molar-refractivity contribution in [2.45, 2.75) is 11.1 Å². The number of alkyl halides is 3. The number of sulfone groups is 1. The van der Waals surface area contributed by atoms with E-state index in [0.29, 0.717) is 6.07 Å². The molecule has 0 unspecified atom stereocenters. The summed E-state index contributed by atoms with van der Waals surface area (Å²) in [5.41, 5.74) is 4.38. The molecule has 5 nitrogen and oxygen atoms in total. The summed E-state index contributed by atoms with van der Waals surface area (Å²) in [4.78, 5) is 12.1. The van der Waals surface area contributed by atoms with Crippen molar-refractivity contribution in [2.24, 2.45) is 0 Å². The van der Waals surface area contributed by atoms with Crippen molar-refractivity contribution in [3.8, 4) is 0 Å². The van der Waals surface area contributed by atoms with E-state index in [1.54, 1.807) is 0 Å². The van der Waals surface area contributed by atoms with Gasteiger partial charge >= 0.3 is 6.18 Å². The van der Waals surface area contributed by atoms with E-state index in [-0.39, 0.29) is 21.8 Å². The van der Waals surface area contributed by atoms with Gasteiger partial charge < -0.3 is 11.1 Å². The third-order valence-corrected chi connectivity index (χ3v) is 4.26. The van der Waals surface area contributed by atoms with Gasteiger partial charge in [0.25, 0.3) is 5.91 Å². The van der Waals surface area contributed by atoms with Crippen molar-refractivity contribution in [1.82, 2.24) is 0 Å². The second-order valence-electron chi connectivity index (χ2n) is 5.05. The quantitative estimate of drug-likeness (QED) is 0.826. The molecule has 0 heterocycles. The lowest BCUT2D eigenvalue weighted by molar-refractivity contribution is -0.137. The van der Waals surface area contributed by atoms with Gasteiger partial charge in [0.2, 0.25) is 0 Å². The second kappa shape index (κ2) is 6.16. The molecule has 0 bridgehead atoms. The van der Waals surface area contributed by atoms with Crippen LogP contribution >= 0.6 is 0 Å². The average molecular weight is 358 g/mol. The van der Waals surface area contributed by atoms with Crippen LogP contribution in [0.15, 0.2) is 47.4 Å². The van der Waals surface area contributed by atoms with Crippen molar-refractivity contribution in [3.05, 3.63) is 53.6 Å². The molecule has 0 saturated heterocycles. The largest absolute Gasteiger partial charge is 0.416 e. The SMILES string of the molecule is CS(=O)(=O)c1cccc(C(=O)Nc2ccc(C(F)(F)F)cc2N)c1. The van der Waals surface area contributed by atoms with Crippen LogP contribution in [0.2, 0.25) is 0 Å². The van der Waals surface area contributed by atoms with Crippen LogP contribution in [0.4, 0.5) is 24.5 Å². The highest BCUT2D eigenvalue weighted by Gasteiger charge is 2.30. The maximum atomic E-state index is 12.6. The summed E-state index contributed by atoms with van der Waals surface area (Å²) in [5.74, 6) is -0.688. The van der Waals surface area contributed by atoms with Crippen LogP contribution in [0.25, 0.3) is 0 Å². The Kier molecular flexibility index (Phi) is 4.57. The van der Waals surface area contributed by atoms with Crippen molar-refractivity contribution >= 4 is 27.1 Å². The van der Waals surface area contributed by atoms with Gasteiger partial charge in [0.1, 0.15) is 0 Å². The predicted molar refractivity (Wildman–Crippen MR) is 83.4 cm³/mol. The minimum atomic E-state index is -4.54. The van der Waals surface area contributed by atoms with Crippen LogP contribution in [0.3, 0.4) is 0 Å². The summed E-state index contributed by atoms with van der Waals surface area (Å²) >= 11 is 0. The zero-order valence-electron chi connectivity index (χ0n) is 12.4. The Morgan fingerprint density at radius 2 is 1.79 bits per heavy atom. The number of anilines is 2. The third kappa shape index (κ3) is 4.05. The summed E-state index contributed by atoms with van der Waals surface area (Å²) in [6.07, 6.45) is -3.54. The van der Waals surface area contributed by atoms with Gasteiger partial charge in [0, 0.05) is 11.8 Å². The average Bonchev–Trinajstić information content (AvgIpc) is 2.47. The Balaban J connectivity index is 2.28. The number of nitrogen functional groups attached to an aromatic ring is 1. The van der Waals surface area contributed by atoms with E-state index in [1.807, 2.05) is 0 Å². The summed E-state index contributed by atoms with van der Waals surface area (Å²) in [5, 5.41) is 2.36. The van der Waals surface area contributed by atoms with Crippen LogP contribution < -0.4 is 11.1 Å². The van der Waals surface area contributed by atoms with Crippen molar-refractivity contribution < 1.29 is 26.4 Å². The molecule has 128 valence electrons. The van der Waals surface area contributed by atoms with Gasteiger partial charge in [-0.15, -0.1) is 0 Å². The molecular weight excluding hydrogens is 345 g/mol. The first-order chi connectivity index (χ1) is 11.0. The minimum Gasteiger partial charge on any atom is -0.397 e. The van der Waals surface area contributed by atoms with Gasteiger partial charge in [0.05, 0.1) is 21.8 Å². The van der Waals surface area contributed by atoms with E-state index in [2.05, 4.69) is 5.32 Å². The topological polar surface area (TPSA) is 89.3 Å². The van der Waals surface area contributed by atoms with Gasteiger partial charge in [0.15, 0.2) is 9.84 Å². The van der Waals surface area contributed by atoms with E-state index in [4.69, 9.17) is 5.73 Å². The lowest BCUT2D eigenvalue weighted by Gasteiger charge is -2.12. The molecule has 0 spiro atoms. The molecule has 24 heavy (non-hydrogen) atoms. The molecule has 2 rings (SSSR count). The zero-order valence-corrected chi connectivity index (χ0v) is 13.2. The molecule has 3 N–H and O–H groups in total. The Morgan fingerprint density at radius 3 is 2.33 bits per heavy atom. The van der Waals surface area contributed by atoms with E-state index >= 15 is 0 Å². The molecule has 9 heteroatoms. The molecule has 0 aromatic heterocycles. The van der Waals surface area contributed by atoms with Crippen LogP contribution in [-0.2, 0) is 16.0 Å². The van der Waals surface area contributed by atoms with Gasteiger partial charge in [-0.05, 0) is 36.4 Å². The monoisotopic (exact) mass is 358 g/mol. The molecule has 1 amide bonds. The van der Waals surface area contributed by atoms with Crippen LogP contribution in [-0.4, -0.2) is 20.6 Å². The number of carbonyl (C=O) groups excluding carboxylic acids is 1. The first kappa shape index (κ1) is 17.8. The van der Waals surface area contributed by atoms with Gasteiger partial charge in [-0.3, -0.25) is 4.79 Å². The first-order valence-corrected chi connectivity index (χ1v) is 8.46. The maximum Gasteiger partial charge on any atom is 0.416 e. The summed E-state index contributed by atoms with van der Waals surface area (Å²) < 4.78 is 60.7. The Morgan fingerprint density at radius 1 is 1.12 bits per heavy atom. The minimum absolute atomic E-state index is 0.00208. The van der Waals surface area contributed by atoms with E-state index < -0.39 is 27.5 Å². The standard InChI is InChI=1S/C15H13F3N2O3S/c1-24(22,23)11-4-2-3-9(7-11)14(21)20-13-6-5-10(8-12(13)19)15(16,17)18/h2-8H,19H2,1H3,(H,20,21). The fourth-order valence-corrected chi connectivity index (χ4v) is 2.58.